The van der Waals surface area contributed by atoms with Crippen LogP contribution >= 0.6 is 0 Å². The highest BCUT2D eigenvalue weighted by Gasteiger charge is 2.34. The second-order valence-electron chi connectivity index (χ2n) is 6.15. The average molecular weight is 328 g/mol. The number of nitrogens with zero attached hydrogens (tertiary/aromatic N) is 2. The van der Waals surface area contributed by atoms with E-state index < -0.39 is 0 Å². The molecule has 2 aromatic rings. The summed E-state index contributed by atoms with van der Waals surface area (Å²) in [6, 6.07) is 12.2. The summed E-state index contributed by atoms with van der Waals surface area (Å²) < 4.78 is 17.0. The number of pyridine rings is 1. The average Bonchev–Trinajstić information content (AvgIpc) is 2.62. The van der Waals surface area contributed by atoms with E-state index in [4.69, 9.17) is 14.2 Å². The van der Waals surface area contributed by atoms with Gasteiger partial charge in [-0.3, -0.25) is 9.88 Å². The summed E-state index contributed by atoms with van der Waals surface area (Å²) in [6.45, 7) is 5.21. The van der Waals surface area contributed by atoms with Gasteiger partial charge in [0.05, 0.1) is 20.8 Å². The largest absolute Gasteiger partial charge is 0.493 e. The van der Waals surface area contributed by atoms with Crippen LogP contribution in [0.5, 0.6) is 11.5 Å². The number of methoxy groups -OCH3 is 2. The van der Waals surface area contributed by atoms with Gasteiger partial charge in [-0.05, 0) is 12.5 Å². The Morgan fingerprint density at radius 3 is 2.67 bits per heavy atom. The SMILES string of the molecule is COc1ccnc(CN2CCO[C@](C)(c3ccccc3)C2)c1OC. The molecule has 1 aliphatic rings. The minimum Gasteiger partial charge on any atom is -0.493 e. The van der Waals surface area contributed by atoms with Crippen molar-refractivity contribution in [1.29, 1.82) is 0 Å². The van der Waals surface area contributed by atoms with Gasteiger partial charge in [0, 0.05) is 31.9 Å². The predicted octanol–water partition coefficient (Wildman–Crippen LogP) is 2.85. The summed E-state index contributed by atoms with van der Waals surface area (Å²) in [5.41, 5.74) is 1.76. The molecule has 0 unspecified atom stereocenters. The van der Waals surface area contributed by atoms with Crippen molar-refractivity contribution in [2.75, 3.05) is 33.9 Å². The topological polar surface area (TPSA) is 43.8 Å². The Balaban J connectivity index is 1.79. The van der Waals surface area contributed by atoms with Crippen molar-refractivity contribution >= 4 is 0 Å². The van der Waals surface area contributed by atoms with E-state index in [1.54, 1.807) is 20.4 Å². The highest BCUT2D eigenvalue weighted by Crippen LogP contribution is 2.33. The van der Waals surface area contributed by atoms with Crippen LogP contribution in [0.1, 0.15) is 18.2 Å². The van der Waals surface area contributed by atoms with Crippen LogP contribution in [0.4, 0.5) is 0 Å². The van der Waals surface area contributed by atoms with Crippen molar-refractivity contribution in [2.45, 2.75) is 19.1 Å². The predicted molar refractivity (Wildman–Crippen MR) is 92.4 cm³/mol. The lowest BCUT2D eigenvalue weighted by atomic mass is 9.94. The van der Waals surface area contributed by atoms with E-state index in [0.29, 0.717) is 24.7 Å². The van der Waals surface area contributed by atoms with Crippen molar-refractivity contribution < 1.29 is 14.2 Å². The highest BCUT2D eigenvalue weighted by atomic mass is 16.5. The molecule has 128 valence electrons. The lowest BCUT2D eigenvalue weighted by Gasteiger charge is -2.40. The van der Waals surface area contributed by atoms with Crippen LogP contribution in [0.15, 0.2) is 42.6 Å². The number of aromatic nitrogens is 1. The fourth-order valence-corrected chi connectivity index (χ4v) is 3.23. The van der Waals surface area contributed by atoms with Crippen molar-refractivity contribution in [2.24, 2.45) is 0 Å². The summed E-state index contributed by atoms with van der Waals surface area (Å²) in [4.78, 5) is 6.83. The summed E-state index contributed by atoms with van der Waals surface area (Å²) in [5, 5.41) is 0. The molecule has 1 atom stereocenters. The van der Waals surface area contributed by atoms with Gasteiger partial charge in [0.25, 0.3) is 0 Å². The molecule has 1 aliphatic heterocycles. The fraction of sp³-hybridized carbons (Fsp3) is 0.421. The number of ether oxygens (including phenoxy) is 3. The molecule has 0 radical (unpaired) electrons. The lowest BCUT2D eigenvalue weighted by Crippen LogP contribution is -2.47. The Hall–Kier alpha value is -2.11. The van der Waals surface area contributed by atoms with Crippen LogP contribution in [-0.2, 0) is 16.9 Å². The van der Waals surface area contributed by atoms with Crippen LogP contribution in [0.3, 0.4) is 0 Å². The Kier molecular flexibility index (Phi) is 5.02. The molecule has 0 bridgehead atoms. The zero-order valence-electron chi connectivity index (χ0n) is 14.5. The molecule has 0 spiro atoms. The smallest absolute Gasteiger partial charge is 0.183 e. The van der Waals surface area contributed by atoms with Gasteiger partial charge in [-0.2, -0.15) is 0 Å². The normalized spacial score (nSPS) is 21.5. The summed E-state index contributed by atoms with van der Waals surface area (Å²) in [7, 11) is 3.29. The first-order chi connectivity index (χ1) is 11.7. The summed E-state index contributed by atoms with van der Waals surface area (Å²) in [6.07, 6.45) is 1.76. The first kappa shape index (κ1) is 16.7. The molecule has 0 aliphatic carbocycles. The van der Waals surface area contributed by atoms with Crippen LogP contribution in [-0.4, -0.2) is 43.8 Å². The van der Waals surface area contributed by atoms with E-state index in [0.717, 1.165) is 18.8 Å². The van der Waals surface area contributed by atoms with Crippen molar-refractivity contribution in [3.05, 3.63) is 53.9 Å². The zero-order valence-corrected chi connectivity index (χ0v) is 14.5. The van der Waals surface area contributed by atoms with Gasteiger partial charge in [-0.15, -0.1) is 0 Å². The van der Waals surface area contributed by atoms with E-state index in [-0.39, 0.29) is 5.60 Å². The quantitative estimate of drug-likeness (QED) is 0.844. The number of morpholine rings is 1. The molecule has 1 fully saturated rings. The number of benzene rings is 1. The third-order valence-corrected chi connectivity index (χ3v) is 4.48. The van der Waals surface area contributed by atoms with Crippen molar-refractivity contribution in [1.82, 2.24) is 9.88 Å². The second-order valence-corrected chi connectivity index (χ2v) is 6.15. The highest BCUT2D eigenvalue weighted by molar-refractivity contribution is 5.42. The minimum absolute atomic E-state index is 0.314. The van der Waals surface area contributed by atoms with Crippen LogP contribution < -0.4 is 9.47 Å². The van der Waals surface area contributed by atoms with Crippen molar-refractivity contribution in [3.63, 3.8) is 0 Å². The Morgan fingerprint density at radius 1 is 1.17 bits per heavy atom. The van der Waals surface area contributed by atoms with Gasteiger partial charge < -0.3 is 14.2 Å². The van der Waals surface area contributed by atoms with Gasteiger partial charge >= 0.3 is 0 Å². The molecule has 3 rings (SSSR count). The molecule has 0 amide bonds. The summed E-state index contributed by atoms with van der Waals surface area (Å²) >= 11 is 0. The molecule has 1 saturated heterocycles. The Bertz CT molecular complexity index is 678. The van der Waals surface area contributed by atoms with Crippen LogP contribution in [0.25, 0.3) is 0 Å². The first-order valence-electron chi connectivity index (χ1n) is 8.14. The van der Waals surface area contributed by atoms with E-state index in [1.165, 1.54) is 5.56 Å². The van der Waals surface area contributed by atoms with E-state index in [9.17, 15) is 0 Å². The molecule has 5 nitrogen and oxygen atoms in total. The Morgan fingerprint density at radius 2 is 1.96 bits per heavy atom. The summed E-state index contributed by atoms with van der Waals surface area (Å²) in [5.74, 6) is 1.41. The molecular formula is C19H24N2O3. The maximum absolute atomic E-state index is 6.10. The van der Waals surface area contributed by atoms with Gasteiger partial charge in [0.1, 0.15) is 11.3 Å². The van der Waals surface area contributed by atoms with E-state index in [1.807, 2.05) is 12.1 Å². The minimum atomic E-state index is -0.314. The van der Waals surface area contributed by atoms with Gasteiger partial charge in [-0.1, -0.05) is 30.3 Å². The van der Waals surface area contributed by atoms with Crippen molar-refractivity contribution in [3.8, 4) is 11.5 Å². The van der Waals surface area contributed by atoms with Gasteiger partial charge in [-0.25, -0.2) is 0 Å². The third kappa shape index (κ3) is 3.37. The van der Waals surface area contributed by atoms with Crippen LogP contribution in [0, 0.1) is 0 Å². The van der Waals surface area contributed by atoms with Gasteiger partial charge in [0.15, 0.2) is 11.5 Å². The number of rotatable bonds is 5. The molecule has 0 N–H and O–H groups in total. The monoisotopic (exact) mass is 328 g/mol. The molecule has 5 heteroatoms. The molecule has 24 heavy (non-hydrogen) atoms. The molecule has 0 saturated carbocycles. The maximum Gasteiger partial charge on any atom is 0.183 e. The van der Waals surface area contributed by atoms with Crippen LogP contribution in [0.2, 0.25) is 0 Å². The second kappa shape index (κ2) is 7.20. The first-order valence-corrected chi connectivity index (χ1v) is 8.14. The van der Waals surface area contributed by atoms with E-state index >= 15 is 0 Å². The van der Waals surface area contributed by atoms with E-state index in [2.05, 4.69) is 41.1 Å². The zero-order chi connectivity index (χ0) is 17.0. The van der Waals surface area contributed by atoms with Gasteiger partial charge in [0.2, 0.25) is 0 Å². The lowest BCUT2D eigenvalue weighted by molar-refractivity contribution is -0.105. The molecule has 1 aromatic carbocycles. The standard InChI is InChI=1S/C19H24N2O3/c1-19(15-7-5-4-6-8-15)14-21(11-12-24-19)13-16-18(23-3)17(22-2)9-10-20-16/h4-10H,11-14H2,1-3H3/t19-/m0/s1. The third-order valence-electron chi connectivity index (χ3n) is 4.48. The maximum atomic E-state index is 6.10. The fourth-order valence-electron chi connectivity index (χ4n) is 3.23. The molecule has 2 heterocycles. The number of hydrogen-bond acceptors (Lipinski definition) is 5. The molecule has 1 aromatic heterocycles. The molecular weight excluding hydrogens is 304 g/mol. The Labute approximate surface area is 143 Å². The number of hydrogen-bond donors (Lipinski definition) is 0.